The number of methoxy groups -OCH3 is 1. The molecule has 5 heteroatoms. The van der Waals surface area contributed by atoms with E-state index in [1.54, 1.807) is 7.11 Å². The molecule has 2 aliphatic rings. The zero-order valence-corrected chi connectivity index (χ0v) is 16.6. The number of rotatable bonds is 8. The molecule has 1 saturated carbocycles. The first-order valence-corrected chi connectivity index (χ1v) is 10.4. The number of carbonyl (C=O) groups excluding carboxylic acids is 1. The second-order valence-corrected chi connectivity index (χ2v) is 8.21. The smallest absolute Gasteiger partial charge is 0.251 e. The minimum atomic E-state index is -0.0251. The zero-order chi connectivity index (χ0) is 19.0. The molecule has 1 aliphatic heterocycles. The summed E-state index contributed by atoms with van der Waals surface area (Å²) < 4.78 is 11.3. The van der Waals surface area contributed by atoms with Gasteiger partial charge in [-0.15, -0.1) is 0 Å². The molecule has 0 aromatic heterocycles. The summed E-state index contributed by atoms with van der Waals surface area (Å²) >= 11 is 0. The monoisotopic (exact) mass is 374 g/mol. The molecule has 5 nitrogen and oxygen atoms in total. The van der Waals surface area contributed by atoms with E-state index in [-0.39, 0.29) is 11.3 Å². The molecule has 1 aromatic carbocycles. The van der Waals surface area contributed by atoms with E-state index in [0.717, 1.165) is 38.3 Å². The summed E-state index contributed by atoms with van der Waals surface area (Å²) in [6.07, 6.45) is 8.62. The van der Waals surface area contributed by atoms with Crippen molar-refractivity contribution in [2.45, 2.75) is 44.9 Å². The predicted molar refractivity (Wildman–Crippen MR) is 107 cm³/mol. The van der Waals surface area contributed by atoms with Crippen LogP contribution in [-0.4, -0.2) is 45.9 Å². The van der Waals surface area contributed by atoms with Gasteiger partial charge < -0.3 is 20.1 Å². The molecule has 1 saturated heterocycles. The highest BCUT2D eigenvalue weighted by molar-refractivity contribution is 5.94. The van der Waals surface area contributed by atoms with Crippen molar-refractivity contribution in [1.82, 2.24) is 10.6 Å². The molecule has 1 aliphatic carbocycles. The van der Waals surface area contributed by atoms with Crippen molar-refractivity contribution in [2.75, 3.05) is 40.0 Å². The molecule has 3 rings (SSSR count). The highest BCUT2D eigenvalue weighted by atomic mass is 16.5. The van der Waals surface area contributed by atoms with Gasteiger partial charge in [-0.3, -0.25) is 4.79 Å². The van der Waals surface area contributed by atoms with Crippen molar-refractivity contribution in [3.8, 4) is 5.75 Å². The molecule has 1 amide bonds. The first kappa shape index (κ1) is 20.2. The van der Waals surface area contributed by atoms with E-state index in [4.69, 9.17) is 9.47 Å². The van der Waals surface area contributed by atoms with Crippen molar-refractivity contribution < 1.29 is 14.3 Å². The molecule has 150 valence electrons. The van der Waals surface area contributed by atoms with Gasteiger partial charge in [0.25, 0.3) is 5.91 Å². The number of hydrogen-bond acceptors (Lipinski definition) is 4. The molecular weight excluding hydrogens is 340 g/mol. The fourth-order valence-electron chi connectivity index (χ4n) is 4.28. The minimum absolute atomic E-state index is 0.0251. The van der Waals surface area contributed by atoms with Crippen LogP contribution in [0.5, 0.6) is 5.75 Å². The standard InChI is InChI=1S/C22H34N2O3/c1-26-17-22(11-13-23-14-12-22)16-24-21(25)19-7-9-20(10-8-19)27-15-18-5-3-2-4-6-18/h7-10,18,23H,2-6,11-17H2,1H3,(H,24,25). The Kier molecular flexibility index (Phi) is 7.53. The summed E-state index contributed by atoms with van der Waals surface area (Å²) in [6.45, 7) is 4.09. The summed E-state index contributed by atoms with van der Waals surface area (Å²) in [6, 6.07) is 7.54. The van der Waals surface area contributed by atoms with Crippen LogP contribution in [0.4, 0.5) is 0 Å². The molecule has 2 N–H and O–H groups in total. The summed E-state index contributed by atoms with van der Waals surface area (Å²) in [5.41, 5.74) is 0.722. The molecular formula is C22H34N2O3. The topological polar surface area (TPSA) is 59.6 Å². The van der Waals surface area contributed by atoms with E-state index in [9.17, 15) is 4.79 Å². The van der Waals surface area contributed by atoms with E-state index < -0.39 is 0 Å². The van der Waals surface area contributed by atoms with E-state index in [2.05, 4.69) is 10.6 Å². The molecule has 1 aromatic rings. The molecule has 1 heterocycles. The van der Waals surface area contributed by atoms with Crippen molar-refractivity contribution >= 4 is 5.91 Å². The average molecular weight is 375 g/mol. The first-order valence-electron chi connectivity index (χ1n) is 10.4. The number of hydrogen-bond donors (Lipinski definition) is 2. The number of piperidine rings is 1. The van der Waals surface area contributed by atoms with E-state index in [1.165, 1.54) is 32.1 Å². The minimum Gasteiger partial charge on any atom is -0.493 e. The summed E-state index contributed by atoms with van der Waals surface area (Å²) in [4.78, 5) is 12.5. The van der Waals surface area contributed by atoms with Gasteiger partial charge >= 0.3 is 0 Å². The Morgan fingerprint density at radius 2 is 1.85 bits per heavy atom. The number of ether oxygens (including phenoxy) is 2. The van der Waals surface area contributed by atoms with Gasteiger partial charge in [-0.25, -0.2) is 0 Å². The fraction of sp³-hybridized carbons (Fsp3) is 0.682. The zero-order valence-electron chi connectivity index (χ0n) is 16.6. The Balaban J connectivity index is 1.47. The third-order valence-electron chi connectivity index (χ3n) is 6.07. The van der Waals surface area contributed by atoms with E-state index in [0.29, 0.717) is 24.6 Å². The van der Waals surface area contributed by atoms with Crippen molar-refractivity contribution in [2.24, 2.45) is 11.3 Å². The van der Waals surface area contributed by atoms with Crippen molar-refractivity contribution in [3.05, 3.63) is 29.8 Å². The van der Waals surface area contributed by atoms with Crippen LogP contribution in [0.25, 0.3) is 0 Å². The quantitative estimate of drug-likeness (QED) is 0.732. The van der Waals surface area contributed by atoms with E-state index in [1.807, 2.05) is 24.3 Å². The Hall–Kier alpha value is -1.59. The number of carbonyl (C=O) groups is 1. The molecule has 0 bridgehead atoms. The second kappa shape index (κ2) is 10.1. The summed E-state index contributed by atoms with van der Waals surface area (Å²) in [7, 11) is 1.73. The van der Waals surface area contributed by atoms with Gasteiger partial charge in [0.2, 0.25) is 0 Å². The van der Waals surface area contributed by atoms with Gasteiger partial charge in [-0.2, -0.15) is 0 Å². The van der Waals surface area contributed by atoms with Gasteiger partial charge in [0, 0.05) is 24.6 Å². The van der Waals surface area contributed by atoms with Crippen LogP contribution in [0.15, 0.2) is 24.3 Å². The molecule has 0 atom stereocenters. The largest absolute Gasteiger partial charge is 0.493 e. The van der Waals surface area contributed by atoms with Gasteiger partial charge in [-0.1, -0.05) is 19.3 Å². The summed E-state index contributed by atoms with van der Waals surface area (Å²) in [5, 5.41) is 6.49. The highest BCUT2D eigenvalue weighted by Crippen LogP contribution is 2.28. The Bertz CT molecular complexity index is 570. The molecule has 2 fully saturated rings. The van der Waals surface area contributed by atoms with Crippen LogP contribution in [0.3, 0.4) is 0 Å². The average Bonchev–Trinajstić information content (AvgIpc) is 2.73. The fourth-order valence-corrected chi connectivity index (χ4v) is 4.28. The Labute approximate surface area is 163 Å². The first-order chi connectivity index (χ1) is 13.2. The van der Waals surface area contributed by atoms with Gasteiger partial charge in [0.05, 0.1) is 13.2 Å². The lowest BCUT2D eigenvalue weighted by Gasteiger charge is -2.37. The molecule has 0 spiro atoms. The lowest BCUT2D eigenvalue weighted by Crippen LogP contribution is -2.47. The molecule has 0 unspecified atom stereocenters. The maximum Gasteiger partial charge on any atom is 0.251 e. The van der Waals surface area contributed by atoms with Crippen LogP contribution < -0.4 is 15.4 Å². The van der Waals surface area contributed by atoms with Gasteiger partial charge in [0.1, 0.15) is 5.75 Å². The van der Waals surface area contributed by atoms with Gasteiger partial charge in [-0.05, 0) is 69.0 Å². The lowest BCUT2D eigenvalue weighted by atomic mass is 9.79. The van der Waals surface area contributed by atoms with Crippen LogP contribution in [-0.2, 0) is 4.74 Å². The van der Waals surface area contributed by atoms with Gasteiger partial charge in [0.15, 0.2) is 0 Å². The lowest BCUT2D eigenvalue weighted by molar-refractivity contribution is 0.0511. The Morgan fingerprint density at radius 3 is 2.52 bits per heavy atom. The maximum absolute atomic E-state index is 12.5. The molecule has 27 heavy (non-hydrogen) atoms. The van der Waals surface area contributed by atoms with Crippen LogP contribution in [0, 0.1) is 11.3 Å². The molecule has 0 radical (unpaired) electrons. The van der Waals surface area contributed by atoms with Crippen molar-refractivity contribution in [1.29, 1.82) is 0 Å². The highest BCUT2D eigenvalue weighted by Gasteiger charge is 2.32. The third-order valence-corrected chi connectivity index (χ3v) is 6.07. The normalized spacial score (nSPS) is 20.2. The van der Waals surface area contributed by atoms with E-state index >= 15 is 0 Å². The third kappa shape index (κ3) is 5.94. The maximum atomic E-state index is 12.5. The van der Waals surface area contributed by atoms with Crippen molar-refractivity contribution in [3.63, 3.8) is 0 Å². The van der Waals surface area contributed by atoms with Crippen LogP contribution in [0.1, 0.15) is 55.3 Å². The second-order valence-electron chi connectivity index (χ2n) is 8.21. The van der Waals surface area contributed by atoms with Crippen LogP contribution >= 0.6 is 0 Å². The van der Waals surface area contributed by atoms with Crippen LogP contribution in [0.2, 0.25) is 0 Å². The SMILES string of the molecule is COCC1(CNC(=O)c2ccc(OCC3CCCCC3)cc2)CCNCC1. The number of nitrogens with one attached hydrogen (secondary N) is 2. The predicted octanol–water partition coefficient (Wildman–Crippen LogP) is 3.39. The number of amides is 1. The Morgan fingerprint density at radius 1 is 1.15 bits per heavy atom. The number of benzene rings is 1. The summed E-state index contributed by atoms with van der Waals surface area (Å²) in [5.74, 6) is 1.51.